The molecule has 1 amide bonds. The number of aryl methyl sites for hydroxylation is 2. The van der Waals surface area contributed by atoms with Gasteiger partial charge < -0.3 is 9.88 Å². The molecule has 0 unspecified atom stereocenters. The van der Waals surface area contributed by atoms with Gasteiger partial charge in [0.1, 0.15) is 0 Å². The maximum absolute atomic E-state index is 12.3. The fourth-order valence-corrected chi connectivity index (χ4v) is 2.99. The standard InChI is InChI=1S/C16H23N5O3/c1-10-7-11(10)8-17-12(22)5-4-6-21-9-18-14-13(21)15(23)20(3)16(24)19(14)2/h9-11H,4-8H2,1-3H3,(H,17,22)/t10-,11-/m0/s1. The molecule has 1 aliphatic rings. The summed E-state index contributed by atoms with van der Waals surface area (Å²) in [4.78, 5) is 40.2. The first kappa shape index (κ1) is 16.5. The Kier molecular flexibility index (Phi) is 4.29. The molecule has 3 rings (SSSR count). The van der Waals surface area contributed by atoms with E-state index < -0.39 is 5.69 Å². The summed E-state index contributed by atoms with van der Waals surface area (Å²) in [5.41, 5.74) is 0.00582. The molecule has 130 valence electrons. The number of nitrogens with one attached hydrogen (secondary N) is 1. The summed E-state index contributed by atoms with van der Waals surface area (Å²) in [6, 6.07) is 0. The predicted molar refractivity (Wildman–Crippen MR) is 89.7 cm³/mol. The van der Waals surface area contributed by atoms with Crippen LogP contribution in [0.2, 0.25) is 0 Å². The molecule has 0 bridgehead atoms. The van der Waals surface area contributed by atoms with Crippen LogP contribution in [0.4, 0.5) is 0 Å². The SMILES string of the molecule is C[C@H]1C[C@H]1CNC(=O)CCCn1cnc2c1c(=O)n(C)c(=O)n2C. The highest BCUT2D eigenvalue weighted by Gasteiger charge is 2.32. The number of nitrogens with zero attached hydrogens (tertiary/aromatic N) is 4. The number of imidazole rings is 1. The first-order valence-electron chi connectivity index (χ1n) is 8.27. The minimum atomic E-state index is -0.397. The van der Waals surface area contributed by atoms with Crippen molar-refractivity contribution in [3.8, 4) is 0 Å². The zero-order chi connectivity index (χ0) is 17.4. The summed E-state index contributed by atoms with van der Waals surface area (Å²) in [6.07, 6.45) is 3.77. The van der Waals surface area contributed by atoms with Gasteiger partial charge in [-0.25, -0.2) is 9.78 Å². The summed E-state index contributed by atoms with van der Waals surface area (Å²) in [5, 5.41) is 2.95. The van der Waals surface area contributed by atoms with Crippen LogP contribution in [0.15, 0.2) is 15.9 Å². The van der Waals surface area contributed by atoms with Crippen LogP contribution in [0.3, 0.4) is 0 Å². The van der Waals surface area contributed by atoms with E-state index in [1.807, 2.05) is 0 Å². The Morgan fingerprint density at radius 3 is 2.71 bits per heavy atom. The lowest BCUT2D eigenvalue weighted by molar-refractivity contribution is -0.121. The molecule has 0 radical (unpaired) electrons. The van der Waals surface area contributed by atoms with E-state index in [4.69, 9.17) is 0 Å². The van der Waals surface area contributed by atoms with Crippen molar-refractivity contribution < 1.29 is 4.79 Å². The molecule has 1 fully saturated rings. The first-order valence-corrected chi connectivity index (χ1v) is 8.27. The molecule has 2 atom stereocenters. The lowest BCUT2D eigenvalue weighted by Crippen LogP contribution is -2.37. The van der Waals surface area contributed by atoms with Crippen LogP contribution in [-0.4, -0.2) is 31.1 Å². The average Bonchev–Trinajstić information content (AvgIpc) is 3.10. The van der Waals surface area contributed by atoms with Gasteiger partial charge in [0, 0.05) is 33.6 Å². The molecular formula is C16H23N5O3. The van der Waals surface area contributed by atoms with Gasteiger partial charge in [-0.15, -0.1) is 0 Å². The van der Waals surface area contributed by atoms with E-state index >= 15 is 0 Å². The highest BCUT2D eigenvalue weighted by Crippen LogP contribution is 2.36. The lowest BCUT2D eigenvalue weighted by atomic mass is 10.2. The van der Waals surface area contributed by atoms with Crippen molar-refractivity contribution in [2.75, 3.05) is 6.54 Å². The Labute approximate surface area is 139 Å². The van der Waals surface area contributed by atoms with Crippen molar-refractivity contribution in [1.29, 1.82) is 0 Å². The molecule has 8 heteroatoms. The number of fused-ring (bicyclic) bond motifs is 1. The Morgan fingerprint density at radius 1 is 1.33 bits per heavy atom. The number of hydrogen-bond acceptors (Lipinski definition) is 4. The van der Waals surface area contributed by atoms with E-state index in [-0.39, 0.29) is 11.5 Å². The molecule has 2 aromatic heterocycles. The topological polar surface area (TPSA) is 90.9 Å². The van der Waals surface area contributed by atoms with Crippen LogP contribution < -0.4 is 16.6 Å². The van der Waals surface area contributed by atoms with Gasteiger partial charge >= 0.3 is 5.69 Å². The van der Waals surface area contributed by atoms with Crippen molar-refractivity contribution in [3.63, 3.8) is 0 Å². The number of hydrogen-bond donors (Lipinski definition) is 1. The third kappa shape index (κ3) is 3.00. The van der Waals surface area contributed by atoms with Crippen molar-refractivity contribution in [2.45, 2.75) is 32.7 Å². The third-order valence-corrected chi connectivity index (χ3v) is 4.86. The van der Waals surface area contributed by atoms with Gasteiger partial charge in [0.05, 0.1) is 6.33 Å². The molecule has 1 N–H and O–H groups in total. The molecule has 1 saturated carbocycles. The molecule has 1 aliphatic carbocycles. The van der Waals surface area contributed by atoms with Crippen molar-refractivity contribution in [3.05, 3.63) is 27.2 Å². The third-order valence-electron chi connectivity index (χ3n) is 4.86. The van der Waals surface area contributed by atoms with Crippen molar-refractivity contribution in [1.82, 2.24) is 24.0 Å². The van der Waals surface area contributed by atoms with Gasteiger partial charge in [-0.1, -0.05) is 6.92 Å². The minimum Gasteiger partial charge on any atom is -0.356 e. The second-order valence-electron chi connectivity index (χ2n) is 6.70. The molecule has 0 spiro atoms. The molecule has 2 heterocycles. The van der Waals surface area contributed by atoms with Crippen LogP contribution in [0.5, 0.6) is 0 Å². The molecule has 0 aliphatic heterocycles. The van der Waals surface area contributed by atoms with Crippen LogP contribution in [0, 0.1) is 11.8 Å². The molecule has 0 saturated heterocycles. The predicted octanol–water partition coefficient (Wildman–Crippen LogP) is -0.0139. The van der Waals surface area contributed by atoms with E-state index in [0.717, 1.165) is 17.0 Å². The Balaban J connectivity index is 1.64. The molecule has 0 aromatic carbocycles. The van der Waals surface area contributed by atoms with Gasteiger partial charge in [-0.3, -0.25) is 18.7 Å². The molecule has 2 aromatic rings. The number of aromatic nitrogens is 4. The van der Waals surface area contributed by atoms with Gasteiger partial charge in [-0.2, -0.15) is 0 Å². The second kappa shape index (κ2) is 6.26. The monoisotopic (exact) mass is 333 g/mol. The largest absolute Gasteiger partial charge is 0.356 e. The fraction of sp³-hybridized carbons (Fsp3) is 0.625. The van der Waals surface area contributed by atoms with Crippen molar-refractivity contribution >= 4 is 17.1 Å². The van der Waals surface area contributed by atoms with Crippen LogP contribution in [-0.2, 0) is 25.4 Å². The molecule has 8 nitrogen and oxygen atoms in total. The van der Waals surface area contributed by atoms with E-state index in [1.165, 1.54) is 18.0 Å². The zero-order valence-corrected chi connectivity index (χ0v) is 14.3. The van der Waals surface area contributed by atoms with Crippen molar-refractivity contribution in [2.24, 2.45) is 25.9 Å². The summed E-state index contributed by atoms with van der Waals surface area (Å²) in [5.74, 6) is 1.40. The average molecular weight is 333 g/mol. The van der Waals surface area contributed by atoms with Gasteiger partial charge in [0.2, 0.25) is 5.91 Å². The summed E-state index contributed by atoms with van der Waals surface area (Å²) in [7, 11) is 3.04. The first-order chi connectivity index (χ1) is 11.4. The highest BCUT2D eigenvalue weighted by molar-refractivity contribution is 5.76. The quantitative estimate of drug-likeness (QED) is 0.805. The van der Waals surface area contributed by atoms with E-state index in [0.29, 0.717) is 36.5 Å². The van der Waals surface area contributed by atoms with E-state index in [2.05, 4.69) is 17.2 Å². The maximum atomic E-state index is 12.3. The minimum absolute atomic E-state index is 0.0406. The smallest absolute Gasteiger partial charge is 0.332 e. The molecular weight excluding hydrogens is 310 g/mol. The number of carbonyl (C=O) groups excluding carboxylic acids is 1. The Bertz CT molecular complexity index is 891. The van der Waals surface area contributed by atoms with E-state index in [9.17, 15) is 14.4 Å². The normalized spacial score (nSPS) is 19.6. The summed E-state index contributed by atoms with van der Waals surface area (Å²) < 4.78 is 4.15. The number of amides is 1. The van der Waals surface area contributed by atoms with Crippen LogP contribution in [0.1, 0.15) is 26.2 Å². The Hall–Kier alpha value is -2.38. The maximum Gasteiger partial charge on any atom is 0.332 e. The van der Waals surface area contributed by atoms with Gasteiger partial charge in [0.25, 0.3) is 5.56 Å². The highest BCUT2D eigenvalue weighted by atomic mass is 16.2. The Morgan fingerprint density at radius 2 is 2.04 bits per heavy atom. The van der Waals surface area contributed by atoms with Gasteiger partial charge in [0.15, 0.2) is 11.2 Å². The van der Waals surface area contributed by atoms with Crippen LogP contribution in [0.25, 0.3) is 11.2 Å². The zero-order valence-electron chi connectivity index (χ0n) is 14.3. The number of carbonyl (C=O) groups is 1. The van der Waals surface area contributed by atoms with E-state index in [1.54, 1.807) is 17.9 Å². The molecule has 24 heavy (non-hydrogen) atoms. The lowest BCUT2D eigenvalue weighted by Gasteiger charge is -2.07. The van der Waals surface area contributed by atoms with Gasteiger partial charge in [-0.05, 0) is 24.7 Å². The summed E-state index contributed by atoms with van der Waals surface area (Å²) in [6.45, 7) is 3.46. The second-order valence-corrected chi connectivity index (χ2v) is 6.70. The fourth-order valence-electron chi connectivity index (χ4n) is 2.99. The summed E-state index contributed by atoms with van der Waals surface area (Å²) >= 11 is 0. The number of rotatable bonds is 6. The van der Waals surface area contributed by atoms with Crippen LogP contribution >= 0.6 is 0 Å².